The summed E-state index contributed by atoms with van der Waals surface area (Å²) in [6.45, 7) is 3.99. The standard InChI is InChI=1S/C23H34ClF3N4O3/c1-15(2)22(34,23(25,26)27)21(33)30(5)12-6-7-16-10-13-31(14-11-16)18-9-8-17(19(24)28-18)20(32)29(3)4/h8-9,15-16,34H,6-7,10-14H2,1-5H3/t22-/m1/s1. The number of piperidine rings is 1. The number of hydrogen-bond acceptors (Lipinski definition) is 5. The van der Waals surface area contributed by atoms with Crippen LogP contribution in [0.25, 0.3) is 0 Å². The first-order valence-electron chi connectivity index (χ1n) is 11.4. The van der Waals surface area contributed by atoms with E-state index >= 15 is 0 Å². The van der Waals surface area contributed by atoms with E-state index in [4.69, 9.17) is 11.6 Å². The maximum Gasteiger partial charge on any atom is 0.426 e. The van der Waals surface area contributed by atoms with Crippen molar-refractivity contribution < 1.29 is 27.9 Å². The zero-order chi connectivity index (χ0) is 25.8. The van der Waals surface area contributed by atoms with Gasteiger partial charge in [-0.05, 0) is 43.7 Å². The van der Waals surface area contributed by atoms with Crippen LogP contribution in [0.4, 0.5) is 19.0 Å². The van der Waals surface area contributed by atoms with Gasteiger partial charge in [-0.15, -0.1) is 0 Å². The molecule has 1 fully saturated rings. The molecule has 1 aromatic heterocycles. The Morgan fingerprint density at radius 2 is 1.79 bits per heavy atom. The topological polar surface area (TPSA) is 77.0 Å². The van der Waals surface area contributed by atoms with Gasteiger partial charge in [-0.3, -0.25) is 9.59 Å². The summed E-state index contributed by atoms with van der Waals surface area (Å²) in [7, 11) is 4.59. The van der Waals surface area contributed by atoms with Gasteiger partial charge in [0.1, 0.15) is 11.0 Å². The molecule has 1 N–H and O–H groups in total. The zero-order valence-electron chi connectivity index (χ0n) is 20.3. The smallest absolute Gasteiger partial charge is 0.372 e. The molecule has 11 heteroatoms. The van der Waals surface area contributed by atoms with Crippen molar-refractivity contribution in [1.29, 1.82) is 0 Å². The monoisotopic (exact) mass is 506 g/mol. The number of anilines is 1. The first-order valence-corrected chi connectivity index (χ1v) is 11.8. The first-order chi connectivity index (χ1) is 15.7. The third kappa shape index (κ3) is 6.13. The van der Waals surface area contributed by atoms with Gasteiger partial charge in [0.25, 0.3) is 11.8 Å². The third-order valence-electron chi connectivity index (χ3n) is 6.46. The van der Waals surface area contributed by atoms with Crippen molar-refractivity contribution in [3.63, 3.8) is 0 Å². The van der Waals surface area contributed by atoms with Crippen LogP contribution in [0.15, 0.2) is 12.1 Å². The number of alkyl halides is 3. The summed E-state index contributed by atoms with van der Waals surface area (Å²) in [5, 5.41) is 10.2. The highest BCUT2D eigenvalue weighted by molar-refractivity contribution is 6.32. The van der Waals surface area contributed by atoms with E-state index in [0.29, 0.717) is 23.7 Å². The van der Waals surface area contributed by atoms with Gasteiger partial charge in [-0.1, -0.05) is 25.4 Å². The Labute approximate surface area is 203 Å². The predicted octanol–water partition coefficient (Wildman–Crippen LogP) is 3.84. The van der Waals surface area contributed by atoms with E-state index in [9.17, 15) is 27.9 Å². The number of aliphatic hydroxyl groups is 1. The lowest BCUT2D eigenvalue weighted by molar-refractivity contribution is -0.269. The van der Waals surface area contributed by atoms with Crippen LogP contribution in [0.3, 0.4) is 0 Å². The molecule has 34 heavy (non-hydrogen) atoms. The molecule has 0 radical (unpaired) electrons. The van der Waals surface area contributed by atoms with Gasteiger partial charge in [0.2, 0.25) is 5.60 Å². The third-order valence-corrected chi connectivity index (χ3v) is 6.74. The van der Waals surface area contributed by atoms with Crippen molar-refractivity contribution in [2.75, 3.05) is 45.7 Å². The highest BCUT2D eigenvalue weighted by atomic mass is 35.5. The predicted molar refractivity (Wildman–Crippen MR) is 125 cm³/mol. The van der Waals surface area contributed by atoms with Gasteiger partial charge in [-0.2, -0.15) is 13.2 Å². The van der Waals surface area contributed by atoms with Gasteiger partial charge >= 0.3 is 6.18 Å². The number of carbonyl (C=O) groups excluding carboxylic acids is 2. The normalized spacial score (nSPS) is 17.0. The Bertz CT molecular complexity index is 874. The average Bonchev–Trinajstić information content (AvgIpc) is 2.76. The maximum absolute atomic E-state index is 13.3. The van der Waals surface area contributed by atoms with Crippen LogP contribution in [0.2, 0.25) is 5.15 Å². The molecular formula is C23H34ClF3N4O3. The van der Waals surface area contributed by atoms with Crippen LogP contribution < -0.4 is 4.90 Å². The summed E-state index contributed by atoms with van der Waals surface area (Å²) < 4.78 is 40.0. The van der Waals surface area contributed by atoms with E-state index in [2.05, 4.69) is 9.88 Å². The van der Waals surface area contributed by atoms with Crippen molar-refractivity contribution in [3.05, 3.63) is 22.8 Å². The summed E-state index contributed by atoms with van der Waals surface area (Å²) >= 11 is 6.21. The molecule has 0 bridgehead atoms. The summed E-state index contributed by atoms with van der Waals surface area (Å²) in [6.07, 6.45) is -1.98. The van der Waals surface area contributed by atoms with Crippen LogP contribution in [0.5, 0.6) is 0 Å². The summed E-state index contributed by atoms with van der Waals surface area (Å²) in [5.74, 6) is -1.75. The van der Waals surface area contributed by atoms with Gasteiger partial charge in [0, 0.05) is 46.7 Å². The van der Waals surface area contributed by atoms with Crippen molar-refractivity contribution >= 4 is 29.2 Å². The van der Waals surface area contributed by atoms with Crippen molar-refractivity contribution in [2.24, 2.45) is 11.8 Å². The summed E-state index contributed by atoms with van der Waals surface area (Å²) in [6, 6.07) is 3.45. The zero-order valence-corrected chi connectivity index (χ0v) is 21.1. The van der Waals surface area contributed by atoms with Crippen molar-refractivity contribution in [3.8, 4) is 0 Å². The molecule has 0 aliphatic carbocycles. The van der Waals surface area contributed by atoms with Crippen LogP contribution in [-0.2, 0) is 4.79 Å². The van der Waals surface area contributed by atoms with Gasteiger partial charge < -0.3 is 19.8 Å². The van der Waals surface area contributed by atoms with E-state index < -0.39 is 23.6 Å². The Morgan fingerprint density at radius 1 is 1.21 bits per heavy atom. The molecule has 0 aromatic carbocycles. The van der Waals surface area contributed by atoms with E-state index in [1.165, 1.54) is 25.8 Å². The minimum atomic E-state index is -5.03. The fourth-order valence-electron chi connectivity index (χ4n) is 4.16. The van der Waals surface area contributed by atoms with Gasteiger partial charge in [0.15, 0.2) is 0 Å². The van der Waals surface area contributed by atoms with Crippen LogP contribution >= 0.6 is 11.6 Å². The van der Waals surface area contributed by atoms with Crippen molar-refractivity contribution in [2.45, 2.75) is 51.3 Å². The minimum absolute atomic E-state index is 0.142. The molecule has 2 heterocycles. The molecule has 1 saturated heterocycles. The number of aromatic nitrogens is 1. The molecule has 192 valence electrons. The largest absolute Gasteiger partial charge is 0.426 e. The van der Waals surface area contributed by atoms with Crippen LogP contribution in [0.1, 0.15) is 49.9 Å². The molecule has 7 nitrogen and oxygen atoms in total. The quantitative estimate of drug-likeness (QED) is 0.542. The molecule has 0 unspecified atom stereocenters. The Morgan fingerprint density at radius 3 is 2.26 bits per heavy atom. The second kappa shape index (κ2) is 11.1. The number of nitrogens with zero attached hydrogens (tertiary/aromatic N) is 4. The van der Waals surface area contributed by atoms with E-state index in [-0.39, 0.29) is 17.6 Å². The maximum atomic E-state index is 13.3. The Kier molecular flexibility index (Phi) is 9.21. The molecule has 2 amide bonds. The molecule has 1 aliphatic heterocycles. The number of pyridine rings is 1. The number of rotatable bonds is 8. The number of halogens is 4. The molecular weight excluding hydrogens is 473 g/mol. The fourth-order valence-corrected chi connectivity index (χ4v) is 4.39. The highest BCUT2D eigenvalue weighted by Crippen LogP contribution is 2.37. The van der Waals surface area contributed by atoms with E-state index in [0.717, 1.165) is 37.3 Å². The summed E-state index contributed by atoms with van der Waals surface area (Å²) in [4.78, 5) is 33.4. The van der Waals surface area contributed by atoms with E-state index in [1.54, 1.807) is 26.2 Å². The fraction of sp³-hybridized carbons (Fsp3) is 0.696. The average molecular weight is 507 g/mol. The SMILES string of the molecule is CC(C)[C@@](O)(C(=O)N(C)CCCC1CCN(c2ccc(C(=O)N(C)C)c(Cl)n2)CC1)C(F)(F)F. The van der Waals surface area contributed by atoms with E-state index in [1.807, 2.05) is 0 Å². The Hall–Kier alpha value is -2.07. The second-order valence-electron chi connectivity index (χ2n) is 9.43. The molecule has 0 spiro atoms. The highest BCUT2D eigenvalue weighted by Gasteiger charge is 2.62. The van der Waals surface area contributed by atoms with Crippen molar-refractivity contribution in [1.82, 2.24) is 14.8 Å². The molecule has 1 atom stereocenters. The number of likely N-dealkylation sites (N-methyl/N-ethyl adjacent to an activating group) is 1. The lowest BCUT2D eigenvalue weighted by Crippen LogP contribution is -2.60. The number of amides is 2. The molecule has 2 rings (SSSR count). The number of hydrogen-bond donors (Lipinski definition) is 1. The molecule has 1 aliphatic rings. The lowest BCUT2D eigenvalue weighted by Gasteiger charge is -2.36. The number of carbonyl (C=O) groups is 2. The first kappa shape index (κ1) is 28.2. The molecule has 0 saturated carbocycles. The molecule has 1 aromatic rings. The van der Waals surface area contributed by atoms with Crippen LogP contribution in [-0.4, -0.2) is 84.3 Å². The summed E-state index contributed by atoms with van der Waals surface area (Å²) in [5.41, 5.74) is -3.03. The van der Waals surface area contributed by atoms with Gasteiger partial charge in [0.05, 0.1) is 5.56 Å². The minimum Gasteiger partial charge on any atom is -0.372 e. The Balaban J connectivity index is 1.86. The van der Waals surface area contributed by atoms with Gasteiger partial charge in [-0.25, -0.2) is 4.98 Å². The lowest BCUT2D eigenvalue weighted by atomic mass is 9.87. The second-order valence-corrected chi connectivity index (χ2v) is 9.78. The van der Waals surface area contributed by atoms with Crippen LogP contribution in [0, 0.1) is 11.8 Å².